The number of hydrogen-bond acceptors (Lipinski definition) is 3. The molecular formula is C17H24N2O2. The van der Waals surface area contributed by atoms with Crippen molar-refractivity contribution in [2.24, 2.45) is 5.92 Å². The van der Waals surface area contributed by atoms with Gasteiger partial charge in [0, 0.05) is 19.6 Å². The Morgan fingerprint density at radius 3 is 2.48 bits per heavy atom. The predicted octanol–water partition coefficient (Wildman–Crippen LogP) is 3.66. The van der Waals surface area contributed by atoms with Crippen LogP contribution in [0.25, 0.3) is 0 Å². The topological polar surface area (TPSA) is 32.8 Å². The van der Waals surface area contributed by atoms with Gasteiger partial charge in [-0.25, -0.2) is 4.79 Å². The Bertz CT molecular complexity index is 532. The van der Waals surface area contributed by atoms with Gasteiger partial charge in [0.1, 0.15) is 5.60 Å². The van der Waals surface area contributed by atoms with Crippen molar-refractivity contribution in [2.75, 3.05) is 29.4 Å². The maximum absolute atomic E-state index is 12.4. The number of anilines is 2. The average Bonchev–Trinajstić information content (AvgIpc) is 3.21. The highest BCUT2D eigenvalue weighted by atomic mass is 16.6. The van der Waals surface area contributed by atoms with E-state index in [0.29, 0.717) is 6.54 Å². The minimum atomic E-state index is -0.461. The molecule has 4 heteroatoms. The van der Waals surface area contributed by atoms with Crippen LogP contribution < -0.4 is 9.80 Å². The fraction of sp³-hybridized carbons (Fsp3) is 0.588. The number of ether oxygens (including phenoxy) is 1. The van der Waals surface area contributed by atoms with Crippen molar-refractivity contribution in [2.45, 2.75) is 39.2 Å². The van der Waals surface area contributed by atoms with Crippen molar-refractivity contribution in [3.05, 3.63) is 24.3 Å². The van der Waals surface area contributed by atoms with Gasteiger partial charge in [-0.15, -0.1) is 0 Å². The lowest BCUT2D eigenvalue weighted by molar-refractivity contribution is 0.0580. The quantitative estimate of drug-likeness (QED) is 0.832. The van der Waals surface area contributed by atoms with E-state index in [2.05, 4.69) is 11.0 Å². The van der Waals surface area contributed by atoms with Crippen LogP contribution in [0.4, 0.5) is 16.2 Å². The van der Waals surface area contributed by atoms with Crippen LogP contribution in [-0.2, 0) is 4.74 Å². The summed E-state index contributed by atoms with van der Waals surface area (Å²) in [6, 6.07) is 8.14. The number of carbonyl (C=O) groups is 1. The molecule has 0 unspecified atom stereocenters. The lowest BCUT2D eigenvalue weighted by Crippen LogP contribution is -2.46. The number of nitrogens with zero attached hydrogens (tertiary/aromatic N) is 2. The lowest BCUT2D eigenvalue weighted by atomic mass is 10.1. The molecule has 0 spiro atoms. The average molecular weight is 288 g/mol. The molecule has 4 nitrogen and oxygen atoms in total. The molecule has 21 heavy (non-hydrogen) atoms. The molecule has 1 aliphatic carbocycles. The van der Waals surface area contributed by atoms with Gasteiger partial charge in [-0.05, 0) is 51.7 Å². The Labute approximate surface area is 126 Å². The molecule has 1 heterocycles. The zero-order valence-corrected chi connectivity index (χ0v) is 13.1. The largest absolute Gasteiger partial charge is 0.443 e. The van der Waals surface area contributed by atoms with Crippen molar-refractivity contribution in [3.8, 4) is 0 Å². The Morgan fingerprint density at radius 2 is 1.86 bits per heavy atom. The van der Waals surface area contributed by atoms with Crippen molar-refractivity contribution in [1.82, 2.24) is 0 Å². The van der Waals surface area contributed by atoms with Crippen molar-refractivity contribution in [1.29, 1.82) is 0 Å². The molecular weight excluding hydrogens is 264 g/mol. The van der Waals surface area contributed by atoms with Crippen LogP contribution in [0.3, 0.4) is 0 Å². The maximum Gasteiger partial charge on any atom is 0.414 e. The monoisotopic (exact) mass is 288 g/mol. The van der Waals surface area contributed by atoms with E-state index in [4.69, 9.17) is 4.74 Å². The summed E-state index contributed by atoms with van der Waals surface area (Å²) in [6.45, 7) is 8.39. The second-order valence-corrected chi connectivity index (χ2v) is 7.01. The third kappa shape index (κ3) is 3.31. The number of carbonyl (C=O) groups excluding carboxylic acids is 1. The summed E-state index contributed by atoms with van der Waals surface area (Å²) in [5, 5.41) is 0. The molecule has 114 valence electrons. The molecule has 0 aromatic heterocycles. The molecule has 0 N–H and O–H groups in total. The van der Waals surface area contributed by atoms with Gasteiger partial charge >= 0.3 is 6.09 Å². The third-order valence-corrected chi connectivity index (χ3v) is 3.90. The smallest absolute Gasteiger partial charge is 0.414 e. The lowest BCUT2D eigenvalue weighted by Gasteiger charge is -2.38. The number of benzene rings is 1. The van der Waals surface area contributed by atoms with Crippen LogP contribution in [0, 0.1) is 5.92 Å². The zero-order chi connectivity index (χ0) is 15.0. The summed E-state index contributed by atoms with van der Waals surface area (Å²) < 4.78 is 5.53. The van der Waals surface area contributed by atoms with E-state index >= 15 is 0 Å². The molecule has 2 aliphatic rings. The molecule has 0 bridgehead atoms. The minimum Gasteiger partial charge on any atom is -0.443 e. The van der Waals surface area contributed by atoms with Crippen molar-refractivity contribution in [3.63, 3.8) is 0 Å². The molecule has 1 aromatic carbocycles. The van der Waals surface area contributed by atoms with Gasteiger partial charge in [-0.1, -0.05) is 12.1 Å². The first-order chi connectivity index (χ1) is 9.94. The maximum atomic E-state index is 12.4. The Balaban J connectivity index is 1.81. The molecule has 0 saturated heterocycles. The summed E-state index contributed by atoms with van der Waals surface area (Å²) in [7, 11) is 0. The third-order valence-electron chi connectivity index (χ3n) is 3.90. The normalized spacial score (nSPS) is 18.4. The van der Waals surface area contributed by atoms with E-state index in [-0.39, 0.29) is 6.09 Å². The van der Waals surface area contributed by atoms with Crippen LogP contribution in [0.5, 0.6) is 0 Å². The first kappa shape index (κ1) is 14.2. The number of hydrogen-bond donors (Lipinski definition) is 0. The van der Waals surface area contributed by atoms with Crippen LogP contribution in [0.1, 0.15) is 33.6 Å². The summed E-state index contributed by atoms with van der Waals surface area (Å²) in [6.07, 6.45) is 2.43. The summed E-state index contributed by atoms with van der Waals surface area (Å²) in [4.78, 5) is 16.6. The van der Waals surface area contributed by atoms with E-state index in [9.17, 15) is 4.79 Å². The first-order valence-electron chi connectivity index (χ1n) is 7.78. The van der Waals surface area contributed by atoms with Crippen molar-refractivity contribution >= 4 is 17.5 Å². The number of fused-ring (bicyclic) bond motifs is 1. The van der Waals surface area contributed by atoms with Crippen molar-refractivity contribution < 1.29 is 9.53 Å². The summed E-state index contributed by atoms with van der Waals surface area (Å²) in [5.41, 5.74) is 1.66. The molecule has 1 aromatic rings. The highest BCUT2D eigenvalue weighted by molar-refractivity contribution is 5.93. The second-order valence-electron chi connectivity index (χ2n) is 7.01. The highest BCUT2D eigenvalue weighted by Gasteiger charge is 2.32. The Morgan fingerprint density at radius 1 is 1.19 bits per heavy atom. The predicted molar refractivity (Wildman–Crippen MR) is 85.0 cm³/mol. The van der Waals surface area contributed by atoms with Crippen LogP contribution in [-0.4, -0.2) is 31.3 Å². The van der Waals surface area contributed by atoms with Gasteiger partial charge < -0.3 is 9.64 Å². The van der Waals surface area contributed by atoms with Crippen LogP contribution in [0.2, 0.25) is 0 Å². The highest BCUT2D eigenvalue weighted by Crippen LogP contribution is 2.37. The number of amides is 1. The van der Waals surface area contributed by atoms with Gasteiger partial charge in [0.25, 0.3) is 0 Å². The number of rotatable bonds is 2. The first-order valence-corrected chi connectivity index (χ1v) is 7.78. The molecule has 0 atom stereocenters. The fourth-order valence-electron chi connectivity index (χ4n) is 2.73. The number of para-hydroxylation sites is 2. The van der Waals surface area contributed by atoms with E-state index in [1.165, 1.54) is 12.8 Å². The van der Waals surface area contributed by atoms with Gasteiger partial charge in [0.15, 0.2) is 0 Å². The van der Waals surface area contributed by atoms with Gasteiger partial charge in [-0.3, -0.25) is 4.90 Å². The van der Waals surface area contributed by atoms with Gasteiger partial charge in [0.2, 0.25) is 0 Å². The molecule has 0 radical (unpaired) electrons. The summed E-state index contributed by atoms with van der Waals surface area (Å²) in [5.74, 6) is 0.839. The van der Waals surface area contributed by atoms with E-state index in [1.54, 1.807) is 4.90 Å². The minimum absolute atomic E-state index is 0.249. The Kier molecular flexibility index (Phi) is 3.56. The standard InChI is InChI=1S/C17H24N2O2/c1-17(2,3)21-16(20)19-11-10-18(12-13-8-9-13)14-6-4-5-7-15(14)19/h4-7,13H,8-12H2,1-3H3. The Hall–Kier alpha value is -1.71. The van der Waals surface area contributed by atoms with Gasteiger partial charge in [0.05, 0.1) is 11.4 Å². The molecule has 1 saturated carbocycles. The van der Waals surface area contributed by atoms with Crippen LogP contribution >= 0.6 is 0 Å². The molecule has 1 amide bonds. The van der Waals surface area contributed by atoms with E-state index in [0.717, 1.165) is 30.4 Å². The zero-order valence-electron chi connectivity index (χ0n) is 13.1. The second kappa shape index (κ2) is 5.24. The molecule has 1 aliphatic heterocycles. The van der Waals surface area contributed by atoms with Gasteiger partial charge in [-0.2, -0.15) is 0 Å². The molecule has 3 rings (SSSR count). The summed E-state index contributed by atoms with van der Waals surface area (Å²) >= 11 is 0. The van der Waals surface area contributed by atoms with E-state index in [1.807, 2.05) is 39.0 Å². The molecule has 1 fully saturated rings. The SMILES string of the molecule is CC(C)(C)OC(=O)N1CCN(CC2CC2)c2ccccc21. The van der Waals surface area contributed by atoms with Crippen LogP contribution in [0.15, 0.2) is 24.3 Å². The fourth-order valence-corrected chi connectivity index (χ4v) is 2.73. The van der Waals surface area contributed by atoms with E-state index < -0.39 is 5.60 Å².